The fourth-order valence-electron chi connectivity index (χ4n) is 2.63. The summed E-state index contributed by atoms with van der Waals surface area (Å²) >= 11 is 0. The van der Waals surface area contributed by atoms with Crippen molar-refractivity contribution in [2.45, 2.75) is 25.2 Å². The third-order valence-electron chi connectivity index (χ3n) is 4.34. The van der Waals surface area contributed by atoms with Gasteiger partial charge in [-0.15, -0.1) is 0 Å². The monoisotopic (exact) mass is 341 g/mol. The first-order chi connectivity index (χ1) is 12.0. The minimum absolute atomic E-state index is 0.0388. The molecule has 0 saturated heterocycles. The highest BCUT2D eigenvalue weighted by Gasteiger charge is 2.35. The molecule has 0 aromatic heterocycles. The average molecular weight is 341 g/mol. The zero-order valence-corrected chi connectivity index (χ0v) is 14.5. The van der Waals surface area contributed by atoms with E-state index in [0.717, 1.165) is 11.3 Å². The minimum Gasteiger partial charge on any atom is -0.496 e. The number of methoxy groups -OCH3 is 1. The normalized spacial score (nSPS) is 12.9. The van der Waals surface area contributed by atoms with Gasteiger partial charge in [0.1, 0.15) is 11.2 Å². The summed E-state index contributed by atoms with van der Waals surface area (Å²) in [5.41, 5.74) is 0.443. The standard InChI is InChI=1S/C20H23NO4/c1-20(19(23)24,16-9-4-3-5-10-16)14-21-18(22)13-12-15-8-6-7-11-17(15)25-2/h3-11H,12-14H2,1-2H3,(H,21,22)(H,23,24). The number of hydrogen-bond donors (Lipinski definition) is 2. The molecular weight excluding hydrogens is 318 g/mol. The summed E-state index contributed by atoms with van der Waals surface area (Å²) in [4.78, 5) is 23.9. The van der Waals surface area contributed by atoms with E-state index < -0.39 is 11.4 Å². The molecule has 0 saturated carbocycles. The Morgan fingerprint density at radius 2 is 1.72 bits per heavy atom. The maximum Gasteiger partial charge on any atom is 0.315 e. The predicted molar refractivity (Wildman–Crippen MR) is 95.8 cm³/mol. The number of hydrogen-bond acceptors (Lipinski definition) is 3. The van der Waals surface area contributed by atoms with Gasteiger partial charge in [0.15, 0.2) is 0 Å². The molecule has 1 unspecified atom stereocenters. The summed E-state index contributed by atoms with van der Waals surface area (Å²) in [6.07, 6.45) is 0.801. The third kappa shape index (κ3) is 4.59. The van der Waals surface area contributed by atoms with E-state index in [2.05, 4.69) is 5.32 Å². The van der Waals surface area contributed by atoms with Crippen LogP contribution in [-0.4, -0.2) is 30.6 Å². The van der Waals surface area contributed by atoms with E-state index in [1.165, 1.54) is 0 Å². The number of ether oxygens (including phenoxy) is 1. The zero-order valence-electron chi connectivity index (χ0n) is 14.5. The van der Waals surface area contributed by atoms with E-state index in [1.54, 1.807) is 38.3 Å². The summed E-state index contributed by atoms with van der Waals surface area (Å²) in [7, 11) is 1.59. The number of benzene rings is 2. The molecule has 25 heavy (non-hydrogen) atoms. The largest absolute Gasteiger partial charge is 0.496 e. The van der Waals surface area contributed by atoms with Crippen LogP contribution in [0.3, 0.4) is 0 Å². The average Bonchev–Trinajstić information content (AvgIpc) is 2.65. The Bertz CT molecular complexity index is 729. The lowest BCUT2D eigenvalue weighted by Gasteiger charge is -2.25. The second-order valence-corrected chi connectivity index (χ2v) is 6.09. The Labute approximate surface area is 147 Å². The van der Waals surface area contributed by atoms with Gasteiger partial charge in [0.2, 0.25) is 5.91 Å². The summed E-state index contributed by atoms with van der Waals surface area (Å²) in [6.45, 7) is 1.66. The first-order valence-electron chi connectivity index (χ1n) is 8.15. The molecule has 0 aliphatic heterocycles. The summed E-state index contributed by atoms with van der Waals surface area (Å²) in [5, 5.41) is 12.4. The van der Waals surface area contributed by atoms with Crippen LogP contribution in [0.4, 0.5) is 0 Å². The van der Waals surface area contributed by atoms with E-state index in [-0.39, 0.29) is 18.9 Å². The maximum absolute atomic E-state index is 12.2. The second kappa shape index (κ2) is 8.33. The van der Waals surface area contributed by atoms with Crippen LogP contribution in [0.2, 0.25) is 0 Å². The van der Waals surface area contributed by atoms with Crippen LogP contribution in [0.5, 0.6) is 5.75 Å². The van der Waals surface area contributed by atoms with Gasteiger partial charge in [0.05, 0.1) is 7.11 Å². The van der Waals surface area contributed by atoms with Gasteiger partial charge >= 0.3 is 5.97 Å². The van der Waals surface area contributed by atoms with Crippen LogP contribution in [0.15, 0.2) is 54.6 Å². The lowest BCUT2D eigenvalue weighted by Crippen LogP contribution is -2.44. The molecule has 1 amide bonds. The van der Waals surface area contributed by atoms with Crippen molar-refractivity contribution in [2.24, 2.45) is 0 Å². The molecule has 5 heteroatoms. The van der Waals surface area contributed by atoms with Gasteiger partial charge in [-0.1, -0.05) is 48.5 Å². The molecule has 0 aliphatic carbocycles. The molecule has 0 heterocycles. The van der Waals surface area contributed by atoms with Gasteiger partial charge in [0, 0.05) is 13.0 Å². The molecule has 0 bridgehead atoms. The molecule has 2 aromatic carbocycles. The Morgan fingerprint density at radius 1 is 1.08 bits per heavy atom. The van der Waals surface area contributed by atoms with Crippen LogP contribution < -0.4 is 10.1 Å². The SMILES string of the molecule is COc1ccccc1CCC(=O)NCC(C)(C(=O)O)c1ccccc1. The third-order valence-corrected chi connectivity index (χ3v) is 4.34. The van der Waals surface area contributed by atoms with Gasteiger partial charge in [-0.25, -0.2) is 0 Å². The number of nitrogens with one attached hydrogen (secondary N) is 1. The topological polar surface area (TPSA) is 75.6 Å². The highest BCUT2D eigenvalue weighted by atomic mass is 16.5. The fraction of sp³-hybridized carbons (Fsp3) is 0.300. The lowest BCUT2D eigenvalue weighted by molar-refractivity contribution is -0.143. The van der Waals surface area contributed by atoms with Crippen molar-refractivity contribution in [3.05, 3.63) is 65.7 Å². The number of aryl methyl sites for hydroxylation is 1. The zero-order chi connectivity index (χ0) is 18.3. The number of amides is 1. The molecule has 132 valence electrons. The molecule has 0 aliphatic rings. The van der Waals surface area contributed by atoms with Crippen LogP contribution >= 0.6 is 0 Å². The van der Waals surface area contributed by atoms with E-state index in [4.69, 9.17) is 4.74 Å². The van der Waals surface area contributed by atoms with Crippen molar-refractivity contribution in [1.82, 2.24) is 5.32 Å². The van der Waals surface area contributed by atoms with E-state index >= 15 is 0 Å². The van der Waals surface area contributed by atoms with Gasteiger partial charge in [0.25, 0.3) is 0 Å². The van der Waals surface area contributed by atoms with Gasteiger partial charge in [-0.05, 0) is 30.5 Å². The molecule has 2 rings (SSSR count). The molecule has 2 N–H and O–H groups in total. The smallest absolute Gasteiger partial charge is 0.315 e. The van der Waals surface area contributed by atoms with Crippen LogP contribution in [-0.2, 0) is 21.4 Å². The fourth-order valence-corrected chi connectivity index (χ4v) is 2.63. The number of carboxylic acids is 1. The number of para-hydroxylation sites is 1. The van der Waals surface area contributed by atoms with Crippen LogP contribution in [0.25, 0.3) is 0 Å². The maximum atomic E-state index is 12.2. The van der Waals surface area contributed by atoms with Crippen molar-refractivity contribution in [3.8, 4) is 5.75 Å². The number of rotatable bonds is 8. The van der Waals surface area contributed by atoms with Crippen molar-refractivity contribution < 1.29 is 19.4 Å². The number of carboxylic acid groups (broad SMARTS) is 1. The first kappa shape index (κ1) is 18.5. The van der Waals surface area contributed by atoms with E-state index in [9.17, 15) is 14.7 Å². The van der Waals surface area contributed by atoms with Gasteiger partial charge < -0.3 is 15.2 Å². The van der Waals surface area contributed by atoms with Crippen molar-refractivity contribution in [3.63, 3.8) is 0 Å². The Kier molecular flexibility index (Phi) is 6.17. The Hall–Kier alpha value is -2.82. The Balaban J connectivity index is 1.97. The van der Waals surface area contributed by atoms with Crippen molar-refractivity contribution in [2.75, 3.05) is 13.7 Å². The number of aliphatic carboxylic acids is 1. The highest BCUT2D eigenvalue weighted by molar-refractivity contribution is 5.83. The molecule has 2 aromatic rings. The van der Waals surface area contributed by atoms with Gasteiger partial charge in [-0.3, -0.25) is 9.59 Å². The van der Waals surface area contributed by atoms with E-state index in [0.29, 0.717) is 12.0 Å². The second-order valence-electron chi connectivity index (χ2n) is 6.09. The molecule has 0 spiro atoms. The lowest BCUT2D eigenvalue weighted by atomic mass is 9.82. The molecule has 0 radical (unpaired) electrons. The summed E-state index contributed by atoms with van der Waals surface area (Å²) in [5.74, 6) is -0.409. The summed E-state index contributed by atoms with van der Waals surface area (Å²) in [6, 6.07) is 16.5. The molecule has 5 nitrogen and oxygen atoms in total. The highest BCUT2D eigenvalue weighted by Crippen LogP contribution is 2.23. The van der Waals surface area contributed by atoms with Crippen LogP contribution in [0.1, 0.15) is 24.5 Å². The predicted octanol–water partition coefficient (Wildman–Crippen LogP) is 2.79. The van der Waals surface area contributed by atoms with E-state index in [1.807, 2.05) is 30.3 Å². The molecular formula is C20H23NO4. The number of carbonyl (C=O) groups is 2. The molecule has 0 fully saturated rings. The first-order valence-corrected chi connectivity index (χ1v) is 8.15. The minimum atomic E-state index is -1.17. The number of carbonyl (C=O) groups excluding carboxylic acids is 1. The Morgan fingerprint density at radius 3 is 2.36 bits per heavy atom. The van der Waals surface area contributed by atoms with Gasteiger partial charge in [-0.2, -0.15) is 0 Å². The van der Waals surface area contributed by atoms with Crippen LogP contribution in [0, 0.1) is 0 Å². The quantitative estimate of drug-likeness (QED) is 0.774. The van der Waals surface area contributed by atoms with Crippen molar-refractivity contribution >= 4 is 11.9 Å². The van der Waals surface area contributed by atoms with Crippen molar-refractivity contribution in [1.29, 1.82) is 0 Å². The molecule has 1 atom stereocenters. The summed E-state index contributed by atoms with van der Waals surface area (Å²) < 4.78 is 5.27.